The zero-order chi connectivity index (χ0) is 8.15. The zero-order valence-electron chi connectivity index (χ0n) is 6.83. The lowest BCUT2D eigenvalue weighted by atomic mass is 9.97. The van der Waals surface area contributed by atoms with Gasteiger partial charge in [-0.15, -0.1) is 0 Å². The molecule has 2 atom stereocenters. The molecule has 2 unspecified atom stereocenters. The van der Waals surface area contributed by atoms with Gasteiger partial charge in [0.15, 0.2) is 0 Å². The highest BCUT2D eigenvalue weighted by Gasteiger charge is 2.09. The van der Waals surface area contributed by atoms with E-state index in [0.717, 1.165) is 5.57 Å². The van der Waals surface area contributed by atoms with Crippen LogP contribution in [0, 0.1) is 5.92 Å². The predicted octanol–water partition coefficient (Wildman–Crippen LogP) is 0.942. The molecule has 0 saturated carbocycles. The van der Waals surface area contributed by atoms with Gasteiger partial charge in [0, 0.05) is 5.92 Å². The van der Waals surface area contributed by atoms with Crippen LogP contribution in [0.25, 0.3) is 0 Å². The first-order valence-corrected chi connectivity index (χ1v) is 3.55. The second kappa shape index (κ2) is 4.47. The molecule has 0 bridgehead atoms. The third-order valence-corrected chi connectivity index (χ3v) is 1.86. The predicted molar refractivity (Wildman–Crippen MR) is 41.7 cm³/mol. The molecule has 0 spiro atoms. The van der Waals surface area contributed by atoms with E-state index in [0.29, 0.717) is 0 Å². The van der Waals surface area contributed by atoms with E-state index in [1.165, 1.54) is 0 Å². The molecule has 0 fully saturated rings. The van der Waals surface area contributed by atoms with Crippen molar-refractivity contribution < 1.29 is 10.2 Å². The van der Waals surface area contributed by atoms with Crippen molar-refractivity contribution in [2.45, 2.75) is 26.9 Å². The Bertz CT molecular complexity index is 116. The van der Waals surface area contributed by atoms with E-state index in [1.54, 1.807) is 13.0 Å². The highest BCUT2D eigenvalue weighted by molar-refractivity contribution is 5.03. The molecule has 10 heavy (non-hydrogen) atoms. The number of rotatable bonds is 3. The Balaban J connectivity index is 3.93. The molecule has 0 aliphatic carbocycles. The summed E-state index contributed by atoms with van der Waals surface area (Å²) in [5.41, 5.74) is 1.04. The van der Waals surface area contributed by atoms with Gasteiger partial charge in [-0.1, -0.05) is 18.6 Å². The Labute approximate surface area is 62.2 Å². The Hall–Kier alpha value is -0.340. The number of aliphatic hydroxyl groups excluding tert-OH is 2. The second-order valence-electron chi connectivity index (χ2n) is 2.66. The third kappa shape index (κ3) is 2.99. The molecule has 0 aliphatic rings. The van der Waals surface area contributed by atoms with E-state index in [1.807, 2.05) is 13.8 Å². The van der Waals surface area contributed by atoms with Gasteiger partial charge in [-0.25, -0.2) is 0 Å². The fraction of sp³-hybridized carbons (Fsp3) is 0.750. The van der Waals surface area contributed by atoms with Crippen LogP contribution in [0.15, 0.2) is 11.6 Å². The largest absolute Gasteiger partial charge is 0.393 e. The van der Waals surface area contributed by atoms with Crippen LogP contribution in [0.4, 0.5) is 0 Å². The van der Waals surface area contributed by atoms with E-state index in [-0.39, 0.29) is 18.6 Å². The van der Waals surface area contributed by atoms with E-state index in [2.05, 4.69) is 0 Å². The summed E-state index contributed by atoms with van der Waals surface area (Å²) in [5, 5.41) is 17.6. The van der Waals surface area contributed by atoms with E-state index >= 15 is 0 Å². The summed E-state index contributed by atoms with van der Waals surface area (Å²) < 4.78 is 0. The molecule has 0 heterocycles. The normalized spacial score (nSPS) is 18.7. The van der Waals surface area contributed by atoms with Gasteiger partial charge in [0.1, 0.15) is 0 Å². The average Bonchev–Trinajstić information content (AvgIpc) is 1.87. The van der Waals surface area contributed by atoms with Crippen molar-refractivity contribution in [1.82, 2.24) is 0 Å². The van der Waals surface area contributed by atoms with Gasteiger partial charge >= 0.3 is 0 Å². The van der Waals surface area contributed by atoms with Crippen LogP contribution in [0.2, 0.25) is 0 Å². The van der Waals surface area contributed by atoms with Gasteiger partial charge in [-0.05, 0) is 13.8 Å². The Kier molecular flexibility index (Phi) is 4.32. The highest BCUT2D eigenvalue weighted by atomic mass is 16.3. The molecule has 0 aromatic rings. The molecular weight excluding hydrogens is 128 g/mol. The lowest BCUT2D eigenvalue weighted by Gasteiger charge is -2.14. The van der Waals surface area contributed by atoms with Gasteiger partial charge in [-0.3, -0.25) is 0 Å². The monoisotopic (exact) mass is 144 g/mol. The number of hydrogen-bond donors (Lipinski definition) is 2. The van der Waals surface area contributed by atoms with Gasteiger partial charge < -0.3 is 10.2 Å². The molecule has 2 heteroatoms. The van der Waals surface area contributed by atoms with Crippen LogP contribution in [-0.2, 0) is 0 Å². The van der Waals surface area contributed by atoms with Crippen LogP contribution in [-0.4, -0.2) is 22.9 Å². The molecule has 0 radical (unpaired) electrons. The van der Waals surface area contributed by atoms with Crippen molar-refractivity contribution in [2.75, 3.05) is 6.61 Å². The molecule has 0 saturated heterocycles. The van der Waals surface area contributed by atoms with Gasteiger partial charge in [-0.2, -0.15) is 0 Å². The summed E-state index contributed by atoms with van der Waals surface area (Å²) in [4.78, 5) is 0. The van der Waals surface area contributed by atoms with Crippen molar-refractivity contribution in [3.05, 3.63) is 11.6 Å². The topological polar surface area (TPSA) is 40.5 Å². The van der Waals surface area contributed by atoms with E-state index in [9.17, 15) is 0 Å². The first kappa shape index (κ1) is 9.66. The van der Waals surface area contributed by atoms with Crippen molar-refractivity contribution in [1.29, 1.82) is 0 Å². The van der Waals surface area contributed by atoms with Crippen LogP contribution in [0.5, 0.6) is 0 Å². The SMILES string of the molecule is C/C(=C/CO)C(C)C(C)O. The zero-order valence-corrected chi connectivity index (χ0v) is 6.83. The lowest BCUT2D eigenvalue weighted by molar-refractivity contribution is 0.151. The fourth-order valence-electron chi connectivity index (χ4n) is 0.710. The molecule has 0 aromatic carbocycles. The van der Waals surface area contributed by atoms with Crippen molar-refractivity contribution in [3.63, 3.8) is 0 Å². The minimum absolute atomic E-state index is 0.0584. The lowest BCUT2D eigenvalue weighted by Crippen LogP contribution is -2.14. The Morgan fingerprint density at radius 1 is 1.50 bits per heavy atom. The van der Waals surface area contributed by atoms with Crippen LogP contribution in [0.1, 0.15) is 20.8 Å². The fourth-order valence-corrected chi connectivity index (χ4v) is 0.710. The van der Waals surface area contributed by atoms with Crippen molar-refractivity contribution >= 4 is 0 Å². The summed E-state index contributed by atoms with van der Waals surface area (Å²) in [6.07, 6.45) is 1.39. The van der Waals surface area contributed by atoms with Gasteiger partial charge in [0.2, 0.25) is 0 Å². The van der Waals surface area contributed by atoms with Crippen molar-refractivity contribution in [2.24, 2.45) is 5.92 Å². The Morgan fingerprint density at radius 3 is 2.30 bits per heavy atom. The molecule has 60 valence electrons. The summed E-state index contributed by atoms with van der Waals surface area (Å²) >= 11 is 0. The number of hydrogen-bond acceptors (Lipinski definition) is 2. The molecule has 2 nitrogen and oxygen atoms in total. The quantitative estimate of drug-likeness (QED) is 0.579. The van der Waals surface area contributed by atoms with Gasteiger partial charge in [0.25, 0.3) is 0 Å². The van der Waals surface area contributed by atoms with Crippen LogP contribution >= 0.6 is 0 Å². The maximum absolute atomic E-state index is 9.10. The third-order valence-electron chi connectivity index (χ3n) is 1.86. The standard InChI is InChI=1S/C8H16O2/c1-6(4-5-9)7(2)8(3)10/h4,7-10H,5H2,1-3H3/b6-4-. The van der Waals surface area contributed by atoms with E-state index < -0.39 is 0 Å². The van der Waals surface area contributed by atoms with E-state index in [4.69, 9.17) is 10.2 Å². The minimum atomic E-state index is -0.331. The molecule has 0 aliphatic heterocycles. The van der Waals surface area contributed by atoms with Crippen LogP contribution in [0.3, 0.4) is 0 Å². The summed E-state index contributed by atoms with van der Waals surface area (Å²) in [6, 6.07) is 0. The molecular formula is C8H16O2. The molecule has 0 rings (SSSR count). The number of aliphatic hydroxyl groups is 2. The van der Waals surface area contributed by atoms with Crippen molar-refractivity contribution in [3.8, 4) is 0 Å². The summed E-state index contributed by atoms with van der Waals surface area (Å²) in [5.74, 6) is 0.146. The molecule has 0 aromatic heterocycles. The molecule has 0 amide bonds. The molecule has 2 N–H and O–H groups in total. The minimum Gasteiger partial charge on any atom is -0.393 e. The second-order valence-corrected chi connectivity index (χ2v) is 2.66. The van der Waals surface area contributed by atoms with Crippen LogP contribution < -0.4 is 0 Å². The summed E-state index contributed by atoms with van der Waals surface area (Å²) in [6.45, 7) is 5.65. The maximum Gasteiger partial charge on any atom is 0.0615 e. The van der Waals surface area contributed by atoms with Gasteiger partial charge in [0.05, 0.1) is 12.7 Å². The highest BCUT2D eigenvalue weighted by Crippen LogP contribution is 2.12. The first-order chi connectivity index (χ1) is 4.59. The summed E-state index contributed by atoms with van der Waals surface area (Å²) in [7, 11) is 0. The Morgan fingerprint density at radius 2 is 2.00 bits per heavy atom. The maximum atomic E-state index is 9.10. The average molecular weight is 144 g/mol. The smallest absolute Gasteiger partial charge is 0.0615 e. The first-order valence-electron chi connectivity index (χ1n) is 3.55.